The van der Waals surface area contributed by atoms with Crippen LogP contribution in [0.5, 0.6) is 0 Å². The summed E-state index contributed by atoms with van der Waals surface area (Å²) in [5.41, 5.74) is 1.24. The number of hydrogen-bond acceptors (Lipinski definition) is 3. The fourth-order valence-electron chi connectivity index (χ4n) is 2.36. The first-order chi connectivity index (χ1) is 9.63. The van der Waals surface area contributed by atoms with Gasteiger partial charge in [0.05, 0.1) is 17.7 Å². The average Bonchev–Trinajstić information content (AvgIpc) is 2.79. The maximum atomic E-state index is 12.6. The Balaban J connectivity index is 2.21. The van der Waals surface area contributed by atoms with E-state index in [-0.39, 0.29) is 12.5 Å². The molecule has 1 aromatic rings. The Labute approximate surface area is 119 Å². The molecule has 106 valence electrons. The average molecular weight is 272 g/mol. The molecule has 0 aromatic carbocycles. The van der Waals surface area contributed by atoms with Crippen LogP contribution in [0.3, 0.4) is 0 Å². The highest BCUT2D eigenvalue weighted by Crippen LogP contribution is 2.24. The fraction of sp³-hybridized carbons (Fsp3) is 0.500. The first kappa shape index (κ1) is 14.5. The highest BCUT2D eigenvalue weighted by molar-refractivity contribution is 5.96. The van der Waals surface area contributed by atoms with E-state index >= 15 is 0 Å². The van der Waals surface area contributed by atoms with Crippen molar-refractivity contribution >= 4 is 5.91 Å². The molecule has 1 aromatic heterocycles. The van der Waals surface area contributed by atoms with E-state index in [1.807, 2.05) is 4.90 Å². The molecule has 20 heavy (non-hydrogen) atoms. The van der Waals surface area contributed by atoms with E-state index in [0.717, 1.165) is 13.1 Å². The van der Waals surface area contributed by atoms with Crippen LogP contribution in [0.15, 0.2) is 18.5 Å². The van der Waals surface area contributed by atoms with Gasteiger partial charge >= 0.3 is 0 Å². The van der Waals surface area contributed by atoms with Crippen molar-refractivity contribution in [3.63, 3.8) is 0 Å². The maximum absolute atomic E-state index is 12.6. The standard InChI is InChI=1S/C16H20N2O2/c1-12-10-18(11-13(12)2)16(20)15-6-7-17-9-14(15)5-3-4-8-19/h6-7,9,12-13,19H,4,8,10-11H2,1-2H3. The Morgan fingerprint density at radius 3 is 2.80 bits per heavy atom. The minimum absolute atomic E-state index is 0.0249. The summed E-state index contributed by atoms with van der Waals surface area (Å²) < 4.78 is 0. The summed E-state index contributed by atoms with van der Waals surface area (Å²) in [5, 5.41) is 8.76. The topological polar surface area (TPSA) is 53.4 Å². The van der Waals surface area contributed by atoms with Gasteiger partial charge in [0.1, 0.15) is 0 Å². The summed E-state index contributed by atoms with van der Waals surface area (Å²) in [5.74, 6) is 6.85. The van der Waals surface area contributed by atoms with Crippen LogP contribution in [0.4, 0.5) is 0 Å². The normalized spacial score (nSPS) is 21.4. The van der Waals surface area contributed by atoms with Crippen LogP contribution in [-0.2, 0) is 0 Å². The van der Waals surface area contributed by atoms with Gasteiger partial charge in [-0.05, 0) is 17.9 Å². The predicted molar refractivity (Wildman–Crippen MR) is 77.0 cm³/mol. The quantitative estimate of drug-likeness (QED) is 0.831. The molecule has 1 amide bonds. The Bertz CT molecular complexity index is 535. The van der Waals surface area contributed by atoms with E-state index in [2.05, 4.69) is 30.7 Å². The summed E-state index contributed by atoms with van der Waals surface area (Å²) in [4.78, 5) is 18.5. The molecule has 1 N–H and O–H groups in total. The largest absolute Gasteiger partial charge is 0.395 e. The molecule has 2 rings (SSSR count). The molecule has 2 heterocycles. The summed E-state index contributed by atoms with van der Waals surface area (Å²) in [6.45, 7) is 5.97. The van der Waals surface area contributed by atoms with Gasteiger partial charge < -0.3 is 10.0 Å². The van der Waals surface area contributed by atoms with Gasteiger partial charge in [-0.15, -0.1) is 0 Å². The zero-order chi connectivity index (χ0) is 14.5. The van der Waals surface area contributed by atoms with Crippen molar-refractivity contribution in [1.82, 2.24) is 9.88 Å². The molecule has 1 saturated heterocycles. The Hall–Kier alpha value is -1.86. The van der Waals surface area contributed by atoms with Crippen LogP contribution in [0.25, 0.3) is 0 Å². The number of likely N-dealkylation sites (tertiary alicyclic amines) is 1. The number of pyridine rings is 1. The van der Waals surface area contributed by atoms with Gasteiger partial charge in [-0.25, -0.2) is 0 Å². The molecule has 4 nitrogen and oxygen atoms in total. The van der Waals surface area contributed by atoms with Gasteiger partial charge in [0.15, 0.2) is 0 Å². The van der Waals surface area contributed by atoms with Crippen molar-refractivity contribution in [3.05, 3.63) is 29.6 Å². The highest BCUT2D eigenvalue weighted by Gasteiger charge is 2.30. The summed E-state index contributed by atoms with van der Waals surface area (Å²) >= 11 is 0. The lowest BCUT2D eigenvalue weighted by atomic mass is 10.0. The first-order valence-corrected chi connectivity index (χ1v) is 6.96. The number of rotatable bonds is 2. The summed E-state index contributed by atoms with van der Waals surface area (Å²) in [7, 11) is 0. The number of hydrogen-bond donors (Lipinski definition) is 1. The molecule has 0 radical (unpaired) electrons. The zero-order valence-electron chi connectivity index (χ0n) is 12.0. The molecule has 2 atom stereocenters. The third kappa shape index (κ3) is 3.17. The molecule has 1 aliphatic rings. The molecule has 4 heteroatoms. The second-order valence-corrected chi connectivity index (χ2v) is 5.36. The molecular formula is C16H20N2O2. The third-order valence-corrected chi connectivity index (χ3v) is 3.79. The van der Waals surface area contributed by atoms with E-state index in [1.54, 1.807) is 18.5 Å². The Morgan fingerprint density at radius 1 is 1.45 bits per heavy atom. The van der Waals surface area contributed by atoms with Crippen molar-refractivity contribution in [2.24, 2.45) is 11.8 Å². The van der Waals surface area contributed by atoms with Crippen molar-refractivity contribution in [1.29, 1.82) is 0 Å². The van der Waals surface area contributed by atoms with E-state index in [4.69, 9.17) is 5.11 Å². The molecule has 0 spiro atoms. The van der Waals surface area contributed by atoms with Crippen LogP contribution in [0.2, 0.25) is 0 Å². The monoisotopic (exact) mass is 272 g/mol. The van der Waals surface area contributed by atoms with Crippen molar-refractivity contribution < 1.29 is 9.90 Å². The minimum Gasteiger partial charge on any atom is -0.395 e. The van der Waals surface area contributed by atoms with Gasteiger partial charge in [-0.1, -0.05) is 25.7 Å². The predicted octanol–water partition coefficient (Wildman–Crippen LogP) is 1.54. The van der Waals surface area contributed by atoms with E-state index in [9.17, 15) is 4.79 Å². The minimum atomic E-state index is 0.0249. The Morgan fingerprint density at radius 2 is 2.15 bits per heavy atom. The maximum Gasteiger partial charge on any atom is 0.255 e. The number of nitrogens with zero attached hydrogens (tertiary/aromatic N) is 2. The van der Waals surface area contributed by atoms with Gasteiger partial charge in [-0.2, -0.15) is 0 Å². The van der Waals surface area contributed by atoms with E-state index < -0.39 is 0 Å². The van der Waals surface area contributed by atoms with Gasteiger partial charge in [0, 0.05) is 31.9 Å². The van der Waals surface area contributed by atoms with Crippen molar-refractivity contribution in [2.45, 2.75) is 20.3 Å². The number of aliphatic hydroxyl groups excluding tert-OH is 1. The molecule has 2 unspecified atom stereocenters. The summed E-state index contributed by atoms with van der Waals surface area (Å²) in [6, 6.07) is 1.72. The lowest BCUT2D eigenvalue weighted by molar-refractivity contribution is 0.0784. The number of aromatic nitrogens is 1. The number of amides is 1. The molecule has 1 aliphatic heterocycles. The van der Waals surface area contributed by atoms with E-state index in [0.29, 0.717) is 29.4 Å². The number of carbonyl (C=O) groups is 1. The smallest absolute Gasteiger partial charge is 0.255 e. The van der Waals surface area contributed by atoms with Gasteiger partial charge in [-0.3, -0.25) is 9.78 Å². The van der Waals surface area contributed by atoms with Crippen LogP contribution < -0.4 is 0 Å². The van der Waals surface area contributed by atoms with Crippen LogP contribution >= 0.6 is 0 Å². The SMILES string of the molecule is CC1CN(C(=O)c2ccncc2C#CCCO)CC1C. The van der Waals surface area contributed by atoms with Crippen molar-refractivity contribution in [2.75, 3.05) is 19.7 Å². The van der Waals surface area contributed by atoms with Gasteiger partial charge in [0.2, 0.25) is 0 Å². The first-order valence-electron chi connectivity index (χ1n) is 6.96. The fourth-order valence-corrected chi connectivity index (χ4v) is 2.36. The third-order valence-electron chi connectivity index (χ3n) is 3.79. The number of carbonyl (C=O) groups excluding carboxylic acids is 1. The zero-order valence-corrected chi connectivity index (χ0v) is 12.0. The van der Waals surface area contributed by atoms with Crippen molar-refractivity contribution in [3.8, 4) is 11.8 Å². The molecule has 0 saturated carbocycles. The Kier molecular flexibility index (Phi) is 4.75. The lowest BCUT2D eigenvalue weighted by Gasteiger charge is -2.16. The van der Waals surface area contributed by atoms with Crippen LogP contribution in [-0.4, -0.2) is 40.6 Å². The summed E-state index contributed by atoms with van der Waals surface area (Å²) in [6.07, 6.45) is 3.63. The molecule has 1 fully saturated rings. The lowest BCUT2D eigenvalue weighted by Crippen LogP contribution is -2.29. The van der Waals surface area contributed by atoms with Crippen LogP contribution in [0, 0.1) is 23.7 Å². The van der Waals surface area contributed by atoms with Gasteiger partial charge in [0.25, 0.3) is 5.91 Å². The second-order valence-electron chi connectivity index (χ2n) is 5.36. The molecule has 0 bridgehead atoms. The second kappa shape index (κ2) is 6.53. The highest BCUT2D eigenvalue weighted by atomic mass is 16.2. The molecule has 0 aliphatic carbocycles. The number of aliphatic hydroxyl groups is 1. The van der Waals surface area contributed by atoms with E-state index in [1.165, 1.54) is 0 Å². The molecular weight excluding hydrogens is 252 g/mol. The van der Waals surface area contributed by atoms with Crippen LogP contribution in [0.1, 0.15) is 36.2 Å².